The van der Waals surface area contributed by atoms with E-state index in [1.165, 1.54) is 55.2 Å². The first-order chi connectivity index (χ1) is 10.1. The van der Waals surface area contributed by atoms with E-state index in [0.29, 0.717) is 0 Å². The maximum atomic E-state index is 6.24. The van der Waals surface area contributed by atoms with E-state index in [-0.39, 0.29) is 5.54 Å². The van der Waals surface area contributed by atoms with Crippen molar-refractivity contribution in [1.82, 2.24) is 4.90 Å². The Bertz CT molecular complexity index is 427. The van der Waals surface area contributed by atoms with E-state index < -0.39 is 0 Å². The lowest BCUT2D eigenvalue weighted by Gasteiger charge is -2.46. The van der Waals surface area contributed by atoms with E-state index in [2.05, 4.69) is 43.9 Å². The van der Waals surface area contributed by atoms with Crippen molar-refractivity contribution in [3.8, 4) is 0 Å². The first kappa shape index (κ1) is 16.5. The highest BCUT2D eigenvalue weighted by atomic mass is 15.2. The zero-order chi connectivity index (χ0) is 15.3. The highest BCUT2D eigenvalue weighted by molar-refractivity contribution is 5.28. The SMILES string of the molecule is CCCN(Cc1cc(C)cc(C)c1)C1(CN)CCCCC1. The molecule has 2 heteroatoms. The molecule has 0 unspecified atom stereocenters. The molecule has 0 saturated heterocycles. The summed E-state index contributed by atoms with van der Waals surface area (Å²) < 4.78 is 0. The Balaban J connectivity index is 2.21. The van der Waals surface area contributed by atoms with Gasteiger partial charge in [-0.2, -0.15) is 0 Å². The number of hydrogen-bond donors (Lipinski definition) is 1. The van der Waals surface area contributed by atoms with Crippen molar-refractivity contribution >= 4 is 0 Å². The highest BCUT2D eigenvalue weighted by Gasteiger charge is 2.36. The van der Waals surface area contributed by atoms with Crippen molar-refractivity contribution in [2.24, 2.45) is 5.73 Å². The van der Waals surface area contributed by atoms with Crippen LogP contribution in [0.3, 0.4) is 0 Å². The Morgan fingerprint density at radius 1 is 1.05 bits per heavy atom. The van der Waals surface area contributed by atoms with Crippen molar-refractivity contribution in [2.75, 3.05) is 13.1 Å². The van der Waals surface area contributed by atoms with Gasteiger partial charge in [0.2, 0.25) is 0 Å². The van der Waals surface area contributed by atoms with Crippen LogP contribution in [-0.2, 0) is 6.54 Å². The molecule has 0 aromatic heterocycles. The zero-order valence-corrected chi connectivity index (χ0v) is 14.1. The van der Waals surface area contributed by atoms with Gasteiger partial charge in [-0.3, -0.25) is 4.90 Å². The fraction of sp³-hybridized carbons (Fsp3) is 0.684. The van der Waals surface area contributed by atoms with Crippen LogP contribution in [0.25, 0.3) is 0 Å². The molecule has 0 amide bonds. The number of aryl methyl sites for hydroxylation is 2. The normalized spacial score (nSPS) is 18.1. The van der Waals surface area contributed by atoms with Gasteiger partial charge in [-0.15, -0.1) is 0 Å². The van der Waals surface area contributed by atoms with Crippen LogP contribution in [0.5, 0.6) is 0 Å². The third-order valence-corrected chi connectivity index (χ3v) is 4.98. The number of nitrogens with two attached hydrogens (primary N) is 1. The van der Waals surface area contributed by atoms with Crippen molar-refractivity contribution in [3.63, 3.8) is 0 Å². The monoisotopic (exact) mass is 288 g/mol. The summed E-state index contributed by atoms with van der Waals surface area (Å²) in [5, 5.41) is 0. The fourth-order valence-electron chi connectivity index (χ4n) is 3.99. The van der Waals surface area contributed by atoms with Crippen molar-refractivity contribution in [3.05, 3.63) is 34.9 Å². The molecule has 1 fully saturated rings. The van der Waals surface area contributed by atoms with E-state index in [9.17, 15) is 0 Å². The predicted molar refractivity (Wildman–Crippen MR) is 91.5 cm³/mol. The molecule has 0 bridgehead atoms. The first-order valence-corrected chi connectivity index (χ1v) is 8.62. The largest absolute Gasteiger partial charge is 0.329 e. The third-order valence-electron chi connectivity index (χ3n) is 4.98. The van der Waals surface area contributed by atoms with Gasteiger partial charge in [0.15, 0.2) is 0 Å². The minimum Gasteiger partial charge on any atom is -0.329 e. The number of hydrogen-bond acceptors (Lipinski definition) is 2. The van der Waals surface area contributed by atoms with Gasteiger partial charge < -0.3 is 5.73 Å². The molecule has 118 valence electrons. The minimum absolute atomic E-state index is 0.242. The molecule has 0 atom stereocenters. The average Bonchev–Trinajstić information content (AvgIpc) is 2.46. The summed E-state index contributed by atoms with van der Waals surface area (Å²) in [4.78, 5) is 2.68. The van der Waals surface area contributed by atoms with E-state index in [1.807, 2.05) is 0 Å². The third kappa shape index (κ3) is 4.08. The smallest absolute Gasteiger partial charge is 0.0335 e. The topological polar surface area (TPSA) is 29.3 Å². The molecular formula is C19H32N2. The molecule has 2 nitrogen and oxygen atoms in total. The summed E-state index contributed by atoms with van der Waals surface area (Å²) in [6, 6.07) is 6.93. The quantitative estimate of drug-likeness (QED) is 0.851. The van der Waals surface area contributed by atoms with Gasteiger partial charge in [0.05, 0.1) is 0 Å². The summed E-state index contributed by atoms with van der Waals surface area (Å²) in [5.74, 6) is 0. The molecule has 1 aromatic rings. The van der Waals surface area contributed by atoms with Gasteiger partial charge in [-0.25, -0.2) is 0 Å². The fourth-order valence-corrected chi connectivity index (χ4v) is 3.99. The summed E-state index contributed by atoms with van der Waals surface area (Å²) in [6.07, 6.45) is 7.80. The molecule has 0 spiro atoms. The average molecular weight is 288 g/mol. The number of benzene rings is 1. The van der Waals surface area contributed by atoms with Crippen LogP contribution < -0.4 is 5.73 Å². The zero-order valence-electron chi connectivity index (χ0n) is 14.1. The Labute approximate surface area is 130 Å². The van der Waals surface area contributed by atoms with Crippen LogP contribution in [0, 0.1) is 13.8 Å². The molecular weight excluding hydrogens is 256 g/mol. The first-order valence-electron chi connectivity index (χ1n) is 8.62. The lowest BCUT2D eigenvalue weighted by Crippen LogP contribution is -2.54. The molecule has 1 aliphatic carbocycles. The van der Waals surface area contributed by atoms with Crippen LogP contribution in [0.1, 0.15) is 62.1 Å². The lowest BCUT2D eigenvalue weighted by molar-refractivity contribution is 0.0494. The summed E-state index contributed by atoms with van der Waals surface area (Å²) in [6.45, 7) is 9.68. The standard InChI is InChI=1S/C19H32N2/c1-4-10-21(19(15-20)8-6-5-7-9-19)14-18-12-16(2)11-17(3)13-18/h11-13H,4-10,14-15,20H2,1-3H3. The molecule has 2 N–H and O–H groups in total. The van der Waals surface area contributed by atoms with E-state index in [0.717, 1.165) is 19.6 Å². The van der Waals surface area contributed by atoms with Crippen molar-refractivity contribution < 1.29 is 0 Å². The molecule has 0 aliphatic heterocycles. The van der Waals surface area contributed by atoms with Crippen LogP contribution in [-0.4, -0.2) is 23.5 Å². The van der Waals surface area contributed by atoms with Gasteiger partial charge in [0.1, 0.15) is 0 Å². The second-order valence-electron chi connectivity index (χ2n) is 6.91. The van der Waals surface area contributed by atoms with E-state index in [1.54, 1.807) is 0 Å². The van der Waals surface area contributed by atoms with Crippen molar-refractivity contribution in [2.45, 2.75) is 71.4 Å². The molecule has 2 rings (SSSR count). The number of nitrogens with zero attached hydrogens (tertiary/aromatic N) is 1. The summed E-state index contributed by atoms with van der Waals surface area (Å²) >= 11 is 0. The predicted octanol–water partition coefficient (Wildman–Crippen LogP) is 4.18. The Morgan fingerprint density at radius 2 is 1.67 bits per heavy atom. The minimum atomic E-state index is 0.242. The Morgan fingerprint density at radius 3 is 2.19 bits per heavy atom. The van der Waals surface area contributed by atoms with E-state index >= 15 is 0 Å². The van der Waals surface area contributed by atoms with Gasteiger partial charge in [-0.05, 0) is 45.2 Å². The van der Waals surface area contributed by atoms with Gasteiger partial charge >= 0.3 is 0 Å². The van der Waals surface area contributed by atoms with E-state index in [4.69, 9.17) is 5.73 Å². The van der Waals surface area contributed by atoms with Gasteiger partial charge in [-0.1, -0.05) is 55.5 Å². The van der Waals surface area contributed by atoms with Crippen LogP contribution in [0.15, 0.2) is 18.2 Å². The summed E-state index contributed by atoms with van der Waals surface area (Å²) in [7, 11) is 0. The molecule has 1 aliphatic rings. The van der Waals surface area contributed by atoms with Crippen LogP contribution in [0.2, 0.25) is 0 Å². The second kappa shape index (κ2) is 7.42. The number of rotatable bonds is 6. The molecule has 21 heavy (non-hydrogen) atoms. The Kier molecular flexibility index (Phi) is 5.83. The van der Waals surface area contributed by atoms with Gasteiger partial charge in [0.25, 0.3) is 0 Å². The summed E-state index contributed by atoms with van der Waals surface area (Å²) in [5.41, 5.74) is 10.7. The lowest BCUT2D eigenvalue weighted by atomic mass is 9.79. The second-order valence-corrected chi connectivity index (χ2v) is 6.91. The molecule has 1 aromatic carbocycles. The maximum Gasteiger partial charge on any atom is 0.0335 e. The Hall–Kier alpha value is -0.860. The van der Waals surface area contributed by atoms with Crippen molar-refractivity contribution in [1.29, 1.82) is 0 Å². The highest BCUT2D eigenvalue weighted by Crippen LogP contribution is 2.34. The molecule has 1 saturated carbocycles. The molecule has 0 radical (unpaired) electrons. The molecule has 0 heterocycles. The van der Waals surface area contributed by atoms with Crippen LogP contribution >= 0.6 is 0 Å². The van der Waals surface area contributed by atoms with Gasteiger partial charge in [0, 0.05) is 18.6 Å². The van der Waals surface area contributed by atoms with Crippen LogP contribution in [0.4, 0.5) is 0 Å². The maximum absolute atomic E-state index is 6.24.